The number of esters is 1. The van der Waals surface area contributed by atoms with Gasteiger partial charge in [0.1, 0.15) is 10.7 Å². The largest absolute Gasteiger partial charge is 0.465 e. The number of ether oxygens (including phenoxy) is 1. The summed E-state index contributed by atoms with van der Waals surface area (Å²) in [5, 5.41) is 3.42. The number of nitrogens with one attached hydrogen (secondary N) is 2. The summed E-state index contributed by atoms with van der Waals surface area (Å²) in [4.78, 5) is 46.6. The topological polar surface area (TPSA) is 114 Å². The van der Waals surface area contributed by atoms with Crippen molar-refractivity contribution in [2.24, 2.45) is 0 Å². The third-order valence-corrected chi connectivity index (χ3v) is 4.28. The Kier molecular flexibility index (Phi) is 4.85. The number of hydrogen-bond donors (Lipinski definition) is 2. The number of fused-ring (bicyclic) bond motifs is 1. The summed E-state index contributed by atoms with van der Waals surface area (Å²) in [5.74, 6) is -0.356. The Morgan fingerprint density at radius 2 is 2.12 bits per heavy atom. The van der Waals surface area contributed by atoms with Crippen LogP contribution in [0.4, 0.5) is 5.13 Å². The number of methoxy groups -OCH3 is 1. The van der Waals surface area contributed by atoms with E-state index in [0.29, 0.717) is 26.7 Å². The molecule has 0 saturated carbocycles. The van der Waals surface area contributed by atoms with Gasteiger partial charge < -0.3 is 15.0 Å². The molecule has 3 rings (SSSR count). The smallest absolute Gasteiger partial charge is 0.349 e. The molecular formula is C16H14N4O4S. The quantitative estimate of drug-likeness (QED) is 0.672. The van der Waals surface area contributed by atoms with Gasteiger partial charge in [-0.25, -0.2) is 14.8 Å². The maximum absolute atomic E-state index is 12.0. The zero-order chi connectivity index (χ0) is 17.8. The van der Waals surface area contributed by atoms with Crippen molar-refractivity contribution in [3.05, 3.63) is 51.5 Å². The zero-order valence-electron chi connectivity index (χ0n) is 13.2. The first-order valence-corrected chi connectivity index (χ1v) is 8.20. The molecule has 2 heterocycles. The Morgan fingerprint density at radius 3 is 2.92 bits per heavy atom. The van der Waals surface area contributed by atoms with Crippen molar-refractivity contribution in [3.63, 3.8) is 0 Å². The molecule has 8 nitrogen and oxygen atoms in total. The molecule has 3 aromatic rings. The van der Waals surface area contributed by atoms with Crippen LogP contribution in [-0.4, -0.2) is 33.9 Å². The van der Waals surface area contributed by atoms with E-state index in [4.69, 9.17) is 0 Å². The second-order valence-corrected chi connectivity index (χ2v) is 6.13. The van der Waals surface area contributed by atoms with Crippen molar-refractivity contribution >= 4 is 39.2 Å². The number of amides is 1. The van der Waals surface area contributed by atoms with Gasteiger partial charge in [0.05, 0.1) is 24.2 Å². The standard InChI is InChI=1S/C16H14N4O4S/c1-24-15(23)11-8-17-16(25-11)20-13(21)7-6-12-18-10-5-3-2-4-9(10)14(22)19-12/h2-5,8H,6-7H2,1H3,(H,17,20,21)(H,18,19,22). The highest BCUT2D eigenvalue weighted by Gasteiger charge is 2.13. The van der Waals surface area contributed by atoms with Gasteiger partial charge in [-0.05, 0) is 12.1 Å². The number of aromatic nitrogens is 3. The summed E-state index contributed by atoms with van der Waals surface area (Å²) in [5.41, 5.74) is 0.355. The number of rotatable bonds is 5. The number of carbonyl (C=O) groups excluding carboxylic acids is 2. The molecule has 1 amide bonds. The van der Waals surface area contributed by atoms with Crippen LogP contribution in [0.1, 0.15) is 21.9 Å². The molecule has 0 aliphatic heterocycles. The minimum absolute atomic E-state index is 0.119. The molecular weight excluding hydrogens is 344 g/mol. The number of aromatic amines is 1. The van der Waals surface area contributed by atoms with Gasteiger partial charge in [-0.15, -0.1) is 0 Å². The van der Waals surface area contributed by atoms with Crippen LogP contribution in [0.15, 0.2) is 35.3 Å². The first-order chi connectivity index (χ1) is 12.1. The van der Waals surface area contributed by atoms with Crippen LogP contribution in [0.25, 0.3) is 10.9 Å². The van der Waals surface area contributed by atoms with Gasteiger partial charge in [-0.1, -0.05) is 23.5 Å². The van der Waals surface area contributed by atoms with Crippen LogP contribution >= 0.6 is 11.3 Å². The molecule has 0 aliphatic carbocycles. The van der Waals surface area contributed by atoms with E-state index in [9.17, 15) is 14.4 Å². The molecule has 2 N–H and O–H groups in total. The molecule has 9 heteroatoms. The lowest BCUT2D eigenvalue weighted by Gasteiger charge is -2.03. The van der Waals surface area contributed by atoms with E-state index in [2.05, 4.69) is 25.0 Å². The lowest BCUT2D eigenvalue weighted by atomic mass is 10.2. The Hall–Kier alpha value is -3.07. The number of para-hydroxylation sites is 1. The summed E-state index contributed by atoms with van der Waals surface area (Å²) in [6, 6.07) is 7.01. The Bertz CT molecular complexity index is 995. The van der Waals surface area contributed by atoms with E-state index in [0.717, 1.165) is 11.3 Å². The fourth-order valence-corrected chi connectivity index (χ4v) is 2.94. The number of nitrogens with zero attached hydrogens (tertiary/aromatic N) is 2. The molecule has 2 aromatic heterocycles. The molecule has 0 aliphatic rings. The molecule has 0 fully saturated rings. The Morgan fingerprint density at radius 1 is 1.32 bits per heavy atom. The fourth-order valence-electron chi connectivity index (χ4n) is 2.19. The van der Waals surface area contributed by atoms with Gasteiger partial charge in [-0.3, -0.25) is 9.59 Å². The molecule has 0 atom stereocenters. The van der Waals surface area contributed by atoms with Crippen LogP contribution in [0.5, 0.6) is 0 Å². The van der Waals surface area contributed by atoms with E-state index in [-0.39, 0.29) is 24.3 Å². The van der Waals surface area contributed by atoms with Crippen LogP contribution in [0, 0.1) is 0 Å². The number of carbonyl (C=O) groups is 2. The maximum Gasteiger partial charge on any atom is 0.349 e. The summed E-state index contributed by atoms with van der Waals surface area (Å²) in [6.07, 6.45) is 1.74. The lowest BCUT2D eigenvalue weighted by Crippen LogP contribution is -2.16. The third-order valence-electron chi connectivity index (χ3n) is 3.39. The van der Waals surface area contributed by atoms with Crippen molar-refractivity contribution in [1.29, 1.82) is 0 Å². The predicted molar refractivity (Wildman–Crippen MR) is 92.8 cm³/mol. The predicted octanol–water partition coefficient (Wildman–Crippen LogP) is 1.74. The molecule has 0 unspecified atom stereocenters. The second-order valence-electron chi connectivity index (χ2n) is 5.10. The highest BCUT2D eigenvalue weighted by atomic mass is 32.1. The zero-order valence-corrected chi connectivity index (χ0v) is 14.1. The second kappa shape index (κ2) is 7.22. The minimum atomic E-state index is -0.504. The molecule has 0 radical (unpaired) electrons. The van der Waals surface area contributed by atoms with Crippen molar-refractivity contribution in [2.45, 2.75) is 12.8 Å². The number of anilines is 1. The van der Waals surface area contributed by atoms with Gasteiger partial charge in [0.2, 0.25) is 5.91 Å². The van der Waals surface area contributed by atoms with Gasteiger partial charge >= 0.3 is 5.97 Å². The summed E-state index contributed by atoms with van der Waals surface area (Å²) in [7, 11) is 1.28. The van der Waals surface area contributed by atoms with Crippen LogP contribution in [-0.2, 0) is 16.0 Å². The van der Waals surface area contributed by atoms with Gasteiger partial charge in [0.15, 0.2) is 5.13 Å². The van der Waals surface area contributed by atoms with Crippen LogP contribution in [0.3, 0.4) is 0 Å². The maximum atomic E-state index is 12.0. The van der Waals surface area contributed by atoms with E-state index in [1.807, 2.05) is 0 Å². The molecule has 0 bridgehead atoms. The number of H-pyrrole nitrogens is 1. The Balaban J connectivity index is 1.63. The monoisotopic (exact) mass is 358 g/mol. The normalized spacial score (nSPS) is 10.6. The van der Waals surface area contributed by atoms with Crippen molar-refractivity contribution < 1.29 is 14.3 Å². The van der Waals surface area contributed by atoms with Gasteiger partial charge in [0, 0.05) is 12.8 Å². The average Bonchev–Trinajstić information content (AvgIpc) is 3.08. The number of thiazole rings is 1. The highest BCUT2D eigenvalue weighted by molar-refractivity contribution is 7.17. The fraction of sp³-hybridized carbons (Fsp3) is 0.188. The molecule has 128 valence electrons. The minimum Gasteiger partial charge on any atom is -0.465 e. The van der Waals surface area contributed by atoms with E-state index >= 15 is 0 Å². The van der Waals surface area contributed by atoms with Crippen molar-refractivity contribution in [1.82, 2.24) is 15.0 Å². The number of benzene rings is 1. The SMILES string of the molecule is COC(=O)c1cnc(NC(=O)CCc2nc3ccccc3c(=O)[nH]2)s1. The van der Waals surface area contributed by atoms with Crippen LogP contribution < -0.4 is 10.9 Å². The summed E-state index contributed by atoms with van der Waals surface area (Å²) in [6.45, 7) is 0. The third kappa shape index (κ3) is 3.89. The van der Waals surface area contributed by atoms with E-state index < -0.39 is 5.97 Å². The molecule has 25 heavy (non-hydrogen) atoms. The highest BCUT2D eigenvalue weighted by Crippen LogP contribution is 2.19. The number of aryl methyl sites for hydroxylation is 1. The van der Waals surface area contributed by atoms with Gasteiger partial charge in [0.25, 0.3) is 5.56 Å². The molecule has 1 aromatic carbocycles. The summed E-state index contributed by atoms with van der Waals surface area (Å²) >= 11 is 1.03. The first kappa shape index (κ1) is 16.8. The average molecular weight is 358 g/mol. The van der Waals surface area contributed by atoms with Crippen molar-refractivity contribution in [2.75, 3.05) is 12.4 Å². The first-order valence-electron chi connectivity index (χ1n) is 7.39. The Labute approximate surface area is 145 Å². The van der Waals surface area contributed by atoms with Gasteiger partial charge in [-0.2, -0.15) is 0 Å². The molecule has 0 saturated heterocycles. The van der Waals surface area contributed by atoms with Crippen LogP contribution in [0.2, 0.25) is 0 Å². The summed E-state index contributed by atoms with van der Waals surface area (Å²) < 4.78 is 4.58. The van der Waals surface area contributed by atoms with Crippen molar-refractivity contribution in [3.8, 4) is 0 Å². The number of hydrogen-bond acceptors (Lipinski definition) is 7. The van der Waals surface area contributed by atoms with E-state index in [1.54, 1.807) is 24.3 Å². The lowest BCUT2D eigenvalue weighted by molar-refractivity contribution is -0.116. The van der Waals surface area contributed by atoms with E-state index in [1.165, 1.54) is 13.3 Å². The molecule has 0 spiro atoms.